The number of hydrogen-bond acceptors (Lipinski definition) is 7. The summed E-state index contributed by atoms with van der Waals surface area (Å²) in [5.41, 5.74) is 5.81. The molecule has 3 aliphatic heterocycles. The zero-order valence-electron chi connectivity index (χ0n) is 35.2. The Morgan fingerprint density at radius 3 is 2.47 bits per heavy atom. The van der Waals surface area contributed by atoms with Gasteiger partial charge < -0.3 is 19.5 Å². The lowest BCUT2D eigenvalue weighted by atomic mass is 9.82. The van der Waals surface area contributed by atoms with Crippen molar-refractivity contribution in [3.05, 3.63) is 125 Å². The van der Waals surface area contributed by atoms with Gasteiger partial charge in [-0.25, -0.2) is 0 Å². The number of methoxy groups -OCH3 is 1. The monoisotopic (exact) mass is 809 g/mol. The van der Waals surface area contributed by atoms with E-state index in [2.05, 4.69) is 81.5 Å². The summed E-state index contributed by atoms with van der Waals surface area (Å²) in [7, 11) is -0.739. The number of anilines is 3. The number of allylic oxidation sites excluding steroid dienone is 3. The maximum absolute atomic E-state index is 15.6. The smallest absolute Gasteiger partial charge is 0.264 e. The van der Waals surface area contributed by atoms with Gasteiger partial charge in [0.2, 0.25) is 0 Å². The molecule has 11 heteroatoms. The molecule has 0 radical (unpaired) electrons. The Labute approximate surface area is 348 Å². The molecule has 0 saturated carbocycles. The van der Waals surface area contributed by atoms with E-state index >= 15 is 4.79 Å². The highest BCUT2D eigenvalue weighted by Crippen LogP contribution is 2.61. The number of fused-ring (bicyclic) bond motifs is 2. The van der Waals surface area contributed by atoms with Crippen molar-refractivity contribution in [3.8, 4) is 5.75 Å². The Balaban J connectivity index is 1.24. The van der Waals surface area contributed by atoms with Crippen LogP contribution in [0.5, 0.6) is 5.75 Å². The first kappa shape index (κ1) is 40.4. The number of benzene rings is 4. The lowest BCUT2D eigenvalue weighted by Crippen LogP contribution is -2.52. The highest BCUT2D eigenvalue weighted by molar-refractivity contribution is 6.91. The number of carbonyl (C=O) groups is 2. The predicted molar refractivity (Wildman–Crippen MR) is 237 cm³/mol. The fourth-order valence-corrected chi connectivity index (χ4v) is 14.0. The van der Waals surface area contributed by atoms with Crippen LogP contribution < -0.4 is 19.7 Å². The first-order valence-corrected chi connectivity index (χ1v) is 23.9. The van der Waals surface area contributed by atoms with E-state index in [1.54, 1.807) is 12.0 Å². The van der Waals surface area contributed by atoms with Crippen LogP contribution in [0.1, 0.15) is 68.6 Å². The molecule has 4 heterocycles. The van der Waals surface area contributed by atoms with Crippen LogP contribution in [0.3, 0.4) is 0 Å². The molecule has 0 unspecified atom stereocenters. The van der Waals surface area contributed by atoms with Crippen LogP contribution in [-0.2, 0) is 28.1 Å². The van der Waals surface area contributed by atoms with E-state index < -0.39 is 13.7 Å². The number of aliphatic hydroxyl groups excluding tert-OH is 1. The molecule has 10 nitrogen and oxygen atoms in total. The van der Waals surface area contributed by atoms with Crippen LogP contribution >= 0.6 is 0 Å². The highest BCUT2D eigenvalue weighted by atomic mass is 28.3. The summed E-state index contributed by atoms with van der Waals surface area (Å²) in [6.45, 7) is 14.3. The zero-order valence-corrected chi connectivity index (χ0v) is 36.2. The fourth-order valence-electron chi connectivity index (χ4n) is 9.94. The third-order valence-corrected chi connectivity index (χ3v) is 17.3. The summed E-state index contributed by atoms with van der Waals surface area (Å²) >= 11 is 0. The van der Waals surface area contributed by atoms with Gasteiger partial charge in [0.05, 0.1) is 43.9 Å². The third-order valence-electron chi connectivity index (χ3n) is 12.9. The second-order valence-electron chi connectivity index (χ2n) is 17.2. The maximum atomic E-state index is 15.6. The molecule has 1 N–H and O–H groups in total. The van der Waals surface area contributed by atoms with Crippen LogP contribution in [0.25, 0.3) is 10.8 Å². The third kappa shape index (κ3) is 7.02. The van der Waals surface area contributed by atoms with Gasteiger partial charge in [0.25, 0.3) is 11.8 Å². The van der Waals surface area contributed by atoms with Gasteiger partial charge in [0, 0.05) is 54.9 Å². The van der Waals surface area contributed by atoms with Crippen molar-refractivity contribution in [1.82, 2.24) is 15.0 Å². The molecule has 1 aromatic heterocycles. The predicted octanol–water partition coefficient (Wildman–Crippen LogP) is 8.61. The summed E-state index contributed by atoms with van der Waals surface area (Å²) in [6, 6.07) is 26.3. The quantitative estimate of drug-likeness (QED) is 0.0884. The molecule has 2 amide bonds. The standard InChI is InChI=1S/C48H55N5O5Si/c1-31(2)11-8-12-32(3)23-27-52-41-22-17-36(53-42-16-10-14-34-13-9-15-39(44(34)42)46(53)55)29-40(41)48(47(52)56)33(4)45(59(6,7)38-20-18-37(57-5)19-21-38)43(58-48)24-26-51-30-35(25-28-54)49-50-51/h9-11,13-23,29-30,33,43,45,54H,8,12,24-28H2,1-7H3/b32-23+/t33-,43+,45-,48+/m1/s1. The van der Waals surface area contributed by atoms with Crippen LogP contribution in [-0.4, -0.2) is 66.4 Å². The maximum Gasteiger partial charge on any atom is 0.264 e. The fraction of sp³-hybridized carbons (Fsp3) is 0.375. The topological polar surface area (TPSA) is 110 Å². The van der Waals surface area contributed by atoms with Crippen molar-refractivity contribution in [2.45, 2.75) is 90.3 Å². The van der Waals surface area contributed by atoms with Gasteiger partial charge in [-0.1, -0.05) is 90.1 Å². The minimum absolute atomic E-state index is 0.00261. The minimum Gasteiger partial charge on any atom is -0.497 e. The molecule has 8 rings (SSSR count). The zero-order chi connectivity index (χ0) is 41.6. The summed E-state index contributed by atoms with van der Waals surface area (Å²) in [5, 5.41) is 21.4. The van der Waals surface area contributed by atoms with Gasteiger partial charge in [-0.3, -0.25) is 19.2 Å². The van der Waals surface area contributed by atoms with Crippen molar-refractivity contribution in [1.29, 1.82) is 0 Å². The van der Waals surface area contributed by atoms with Gasteiger partial charge in [-0.05, 0) is 93.4 Å². The Hall–Kier alpha value is -5.36. The molecule has 3 aliphatic rings. The molecule has 306 valence electrons. The molecule has 0 bridgehead atoms. The molecule has 1 spiro atoms. The lowest BCUT2D eigenvalue weighted by molar-refractivity contribution is -0.145. The second-order valence-corrected chi connectivity index (χ2v) is 21.9. The van der Waals surface area contributed by atoms with E-state index in [4.69, 9.17) is 9.47 Å². The first-order chi connectivity index (χ1) is 28.4. The van der Waals surface area contributed by atoms with Crippen molar-refractivity contribution in [2.24, 2.45) is 5.92 Å². The van der Waals surface area contributed by atoms with E-state index in [1.807, 2.05) is 76.4 Å². The number of nitrogens with zero attached hydrogens (tertiary/aromatic N) is 5. The molecule has 59 heavy (non-hydrogen) atoms. The highest BCUT2D eigenvalue weighted by Gasteiger charge is 2.66. The number of carbonyl (C=O) groups excluding carboxylic acids is 2. The molecule has 0 aliphatic carbocycles. The average molecular weight is 810 g/mol. The van der Waals surface area contributed by atoms with Crippen molar-refractivity contribution < 1.29 is 24.2 Å². The summed E-state index contributed by atoms with van der Waals surface area (Å²) in [5.74, 6) is 0.427. The molecular weight excluding hydrogens is 755 g/mol. The average Bonchev–Trinajstić information content (AvgIpc) is 3.95. The summed E-state index contributed by atoms with van der Waals surface area (Å²) < 4.78 is 14.8. The largest absolute Gasteiger partial charge is 0.497 e. The van der Waals surface area contributed by atoms with Gasteiger partial charge in [-0.2, -0.15) is 0 Å². The Morgan fingerprint density at radius 1 is 0.983 bits per heavy atom. The summed E-state index contributed by atoms with van der Waals surface area (Å²) in [6.07, 6.45) is 8.91. The molecule has 1 saturated heterocycles. The number of amides is 2. The number of ether oxygens (including phenoxy) is 2. The van der Waals surface area contributed by atoms with Crippen molar-refractivity contribution in [3.63, 3.8) is 0 Å². The van der Waals surface area contributed by atoms with Crippen molar-refractivity contribution in [2.75, 3.05) is 30.1 Å². The van der Waals surface area contributed by atoms with E-state index in [9.17, 15) is 9.90 Å². The minimum atomic E-state index is -2.42. The number of aryl methyl sites for hydroxylation is 1. The second kappa shape index (κ2) is 16.0. The van der Waals surface area contributed by atoms with Crippen LogP contribution in [0, 0.1) is 5.92 Å². The van der Waals surface area contributed by atoms with Gasteiger partial charge in [0.15, 0.2) is 5.60 Å². The van der Waals surface area contributed by atoms with Gasteiger partial charge >= 0.3 is 0 Å². The molecule has 4 aromatic carbocycles. The number of hydrogen-bond donors (Lipinski definition) is 1. The number of aliphatic hydroxyl groups is 1. The molecule has 1 fully saturated rings. The van der Waals surface area contributed by atoms with E-state index in [0.29, 0.717) is 37.2 Å². The first-order valence-electron chi connectivity index (χ1n) is 20.8. The Kier molecular flexibility index (Phi) is 11.0. The van der Waals surface area contributed by atoms with Gasteiger partial charge in [-0.15, -0.1) is 5.10 Å². The van der Waals surface area contributed by atoms with E-state index in [-0.39, 0.29) is 36.0 Å². The normalized spacial score (nSPS) is 21.3. The van der Waals surface area contributed by atoms with Crippen LogP contribution in [0.2, 0.25) is 18.6 Å². The van der Waals surface area contributed by atoms with Gasteiger partial charge in [0.1, 0.15) is 5.75 Å². The van der Waals surface area contributed by atoms with Crippen LogP contribution in [0.15, 0.2) is 108 Å². The van der Waals surface area contributed by atoms with E-state index in [1.165, 1.54) is 16.3 Å². The number of aromatic nitrogens is 3. The van der Waals surface area contributed by atoms with E-state index in [0.717, 1.165) is 52.0 Å². The Morgan fingerprint density at radius 2 is 1.75 bits per heavy atom. The SMILES string of the molecule is COc1ccc([Si](C)(C)[C@H]2[C@H](CCn3cc(CCO)nn3)O[C@@]3(C(=O)N(C/C=C(\C)CCC=C(C)C)c4ccc(N5C(=O)c6cccc7cccc5c67)cc43)[C@@H]2C)cc1. The molecule has 5 aromatic rings. The molecule has 4 atom stereocenters. The summed E-state index contributed by atoms with van der Waals surface area (Å²) in [4.78, 5) is 33.5. The molecular formula is C48H55N5O5Si. The van der Waals surface area contributed by atoms with Crippen LogP contribution in [0.4, 0.5) is 17.1 Å². The number of rotatable bonds is 14. The Bertz CT molecular complexity index is 2460. The lowest BCUT2D eigenvalue weighted by Gasteiger charge is -2.37. The van der Waals surface area contributed by atoms with Crippen molar-refractivity contribution >= 4 is 52.9 Å².